The van der Waals surface area contributed by atoms with Gasteiger partial charge in [0.15, 0.2) is 0 Å². The molecule has 17 heavy (non-hydrogen) atoms. The Morgan fingerprint density at radius 3 is 2.94 bits per heavy atom. The van der Waals surface area contributed by atoms with Gasteiger partial charge in [-0.05, 0) is 55.7 Å². The molecule has 2 atom stereocenters. The fourth-order valence-corrected chi connectivity index (χ4v) is 3.22. The zero-order valence-electron chi connectivity index (χ0n) is 10.5. The van der Waals surface area contributed by atoms with E-state index < -0.39 is 0 Å². The van der Waals surface area contributed by atoms with Crippen LogP contribution in [0.3, 0.4) is 0 Å². The summed E-state index contributed by atoms with van der Waals surface area (Å²) >= 11 is 1.96. The number of hydrogen-bond acceptors (Lipinski definition) is 2. The highest BCUT2D eigenvalue weighted by molar-refractivity contribution is 7.99. The van der Waals surface area contributed by atoms with E-state index >= 15 is 0 Å². The van der Waals surface area contributed by atoms with Gasteiger partial charge < -0.3 is 5.32 Å². The van der Waals surface area contributed by atoms with Gasteiger partial charge in [0, 0.05) is 17.8 Å². The third-order valence-electron chi connectivity index (χ3n) is 3.61. The van der Waals surface area contributed by atoms with Gasteiger partial charge in [0.25, 0.3) is 0 Å². The second-order valence-electron chi connectivity index (χ2n) is 4.82. The van der Waals surface area contributed by atoms with Crippen molar-refractivity contribution in [2.24, 2.45) is 0 Å². The lowest BCUT2D eigenvalue weighted by atomic mass is 10.1. The summed E-state index contributed by atoms with van der Waals surface area (Å²) in [6.07, 6.45) is 5.99. The van der Waals surface area contributed by atoms with Crippen LogP contribution >= 0.6 is 11.8 Å². The van der Waals surface area contributed by atoms with Crippen LogP contribution in [0.1, 0.15) is 30.4 Å². The molecule has 3 heteroatoms. The van der Waals surface area contributed by atoms with Crippen molar-refractivity contribution in [1.82, 2.24) is 5.32 Å². The number of halogens is 1. The first-order valence-electron chi connectivity index (χ1n) is 6.20. The summed E-state index contributed by atoms with van der Waals surface area (Å²) in [6.45, 7) is 2.82. The van der Waals surface area contributed by atoms with Crippen molar-refractivity contribution in [3.8, 4) is 0 Å². The van der Waals surface area contributed by atoms with Crippen molar-refractivity contribution in [3.05, 3.63) is 35.1 Å². The van der Waals surface area contributed by atoms with Crippen molar-refractivity contribution in [2.75, 3.05) is 6.26 Å². The standard InChI is InChI=1S/C14H20FNS/c1-10-3-4-12(15)7-11(10)9-16-13-5-6-14(8-13)17-2/h3-4,7,13-14,16H,5-6,8-9H2,1-2H3. The molecule has 1 aromatic rings. The van der Waals surface area contributed by atoms with E-state index in [4.69, 9.17) is 0 Å². The van der Waals surface area contributed by atoms with E-state index in [1.165, 1.54) is 30.9 Å². The van der Waals surface area contributed by atoms with Gasteiger partial charge in [0.1, 0.15) is 5.82 Å². The third-order valence-corrected chi connectivity index (χ3v) is 4.71. The Hall–Kier alpha value is -0.540. The Bertz CT molecular complexity index is 380. The molecule has 0 bridgehead atoms. The van der Waals surface area contributed by atoms with Crippen LogP contribution in [0.5, 0.6) is 0 Å². The maximum atomic E-state index is 13.1. The maximum absolute atomic E-state index is 13.1. The summed E-state index contributed by atoms with van der Waals surface area (Å²) in [4.78, 5) is 0. The molecule has 2 unspecified atom stereocenters. The Balaban J connectivity index is 1.88. The molecule has 0 heterocycles. The van der Waals surface area contributed by atoms with Crippen molar-refractivity contribution in [1.29, 1.82) is 0 Å². The molecule has 1 fully saturated rings. The fourth-order valence-electron chi connectivity index (χ4n) is 2.42. The van der Waals surface area contributed by atoms with Crippen LogP contribution < -0.4 is 5.32 Å². The average molecular weight is 253 g/mol. The summed E-state index contributed by atoms with van der Waals surface area (Å²) < 4.78 is 13.1. The van der Waals surface area contributed by atoms with Crippen LogP contribution in [0.15, 0.2) is 18.2 Å². The first-order chi connectivity index (χ1) is 8.19. The van der Waals surface area contributed by atoms with Gasteiger partial charge in [0.05, 0.1) is 0 Å². The van der Waals surface area contributed by atoms with Gasteiger partial charge in [-0.3, -0.25) is 0 Å². The predicted octanol–water partition coefficient (Wildman–Crippen LogP) is 3.51. The van der Waals surface area contributed by atoms with Crippen molar-refractivity contribution in [3.63, 3.8) is 0 Å². The fraction of sp³-hybridized carbons (Fsp3) is 0.571. The molecule has 2 rings (SSSR count). The Morgan fingerprint density at radius 2 is 2.24 bits per heavy atom. The van der Waals surface area contributed by atoms with Gasteiger partial charge in [-0.2, -0.15) is 11.8 Å². The molecule has 0 spiro atoms. The summed E-state index contributed by atoms with van der Waals surface area (Å²) in [5, 5.41) is 4.36. The van der Waals surface area contributed by atoms with E-state index in [1.807, 2.05) is 24.8 Å². The number of nitrogens with one attached hydrogen (secondary N) is 1. The Labute approximate surface area is 107 Å². The monoisotopic (exact) mass is 253 g/mol. The van der Waals surface area contributed by atoms with Crippen LogP contribution in [0.4, 0.5) is 4.39 Å². The molecule has 1 aliphatic rings. The summed E-state index contributed by atoms with van der Waals surface area (Å²) in [5.74, 6) is -0.138. The zero-order valence-corrected chi connectivity index (χ0v) is 11.3. The van der Waals surface area contributed by atoms with Gasteiger partial charge in [-0.25, -0.2) is 4.39 Å². The van der Waals surface area contributed by atoms with E-state index in [-0.39, 0.29) is 5.82 Å². The van der Waals surface area contributed by atoms with E-state index in [9.17, 15) is 4.39 Å². The molecule has 1 saturated carbocycles. The predicted molar refractivity (Wildman–Crippen MR) is 72.9 cm³/mol. The van der Waals surface area contributed by atoms with Gasteiger partial charge in [0.2, 0.25) is 0 Å². The minimum absolute atomic E-state index is 0.138. The maximum Gasteiger partial charge on any atom is 0.123 e. The van der Waals surface area contributed by atoms with Crippen LogP contribution in [0.25, 0.3) is 0 Å². The Kier molecular flexibility index (Phi) is 4.46. The first kappa shape index (κ1) is 12.9. The highest BCUT2D eigenvalue weighted by Crippen LogP contribution is 2.28. The number of rotatable bonds is 4. The number of benzene rings is 1. The molecule has 0 radical (unpaired) electrons. The lowest BCUT2D eigenvalue weighted by Crippen LogP contribution is -2.26. The van der Waals surface area contributed by atoms with E-state index in [1.54, 1.807) is 6.07 Å². The highest BCUT2D eigenvalue weighted by atomic mass is 32.2. The molecule has 0 aliphatic heterocycles. The smallest absolute Gasteiger partial charge is 0.123 e. The largest absolute Gasteiger partial charge is 0.310 e. The topological polar surface area (TPSA) is 12.0 Å². The van der Waals surface area contributed by atoms with E-state index in [2.05, 4.69) is 11.6 Å². The van der Waals surface area contributed by atoms with Crippen LogP contribution in [0.2, 0.25) is 0 Å². The minimum Gasteiger partial charge on any atom is -0.310 e. The quantitative estimate of drug-likeness (QED) is 0.881. The molecule has 0 amide bonds. The van der Waals surface area contributed by atoms with Gasteiger partial charge in [-0.1, -0.05) is 6.07 Å². The lowest BCUT2D eigenvalue weighted by Gasteiger charge is -2.14. The molecule has 1 nitrogen and oxygen atoms in total. The van der Waals surface area contributed by atoms with E-state index in [0.717, 1.165) is 17.4 Å². The van der Waals surface area contributed by atoms with Crippen molar-refractivity contribution in [2.45, 2.75) is 44.0 Å². The molecule has 1 aromatic carbocycles. The lowest BCUT2D eigenvalue weighted by molar-refractivity contribution is 0.522. The summed E-state index contributed by atoms with van der Waals surface area (Å²) in [5.41, 5.74) is 2.25. The van der Waals surface area contributed by atoms with Gasteiger partial charge >= 0.3 is 0 Å². The average Bonchev–Trinajstić information content (AvgIpc) is 2.78. The molecule has 94 valence electrons. The molecular formula is C14H20FNS. The van der Waals surface area contributed by atoms with Crippen LogP contribution in [0, 0.1) is 12.7 Å². The second kappa shape index (κ2) is 5.87. The molecule has 1 N–H and O–H groups in total. The van der Waals surface area contributed by atoms with Crippen LogP contribution in [-0.2, 0) is 6.54 Å². The summed E-state index contributed by atoms with van der Waals surface area (Å²) in [6, 6.07) is 5.63. The molecule has 1 aliphatic carbocycles. The molecule has 0 aromatic heterocycles. The summed E-state index contributed by atoms with van der Waals surface area (Å²) in [7, 11) is 0. The van der Waals surface area contributed by atoms with Gasteiger partial charge in [-0.15, -0.1) is 0 Å². The van der Waals surface area contributed by atoms with E-state index in [0.29, 0.717) is 6.04 Å². The van der Waals surface area contributed by atoms with Crippen molar-refractivity contribution >= 4 is 11.8 Å². The number of aryl methyl sites for hydroxylation is 1. The SMILES string of the molecule is CSC1CCC(NCc2cc(F)ccc2C)C1. The number of hydrogen-bond donors (Lipinski definition) is 1. The van der Waals surface area contributed by atoms with Crippen LogP contribution in [-0.4, -0.2) is 17.5 Å². The normalized spacial score (nSPS) is 24.2. The third kappa shape index (κ3) is 3.46. The molecular weight excluding hydrogens is 233 g/mol. The Morgan fingerprint density at radius 1 is 1.41 bits per heavy atom. The van der Waals surface area contributed by atoms with Crippen molar-refractivity contribution < 1.29 is 4.39 Å². The second-order valence-corrected chi connectivity index (χ2v) is 5.96. The zero-order chi connectivity index (χ0) is 12.3. The highest BCUT2D eigenvalue weighted by Gasteiger charge is 2.23. The molecule has 0 saturated heterocycles. The minimum atomic E-state index is -0.138. The number of thioether (sulfide) groups is 1. The first-order valence-corrected chi connectivity index (χ1v) is 7.49.